The number of likely N-dealkylation sites (tertiary alicyclic amines) is 2. The van der Waals surface area contributed by atoms with Crippen LogP contribution in [-0.2, 0) is 43.5 Å². The molecule has 2 fully saturated rings. The minimum Gasteiger partial charge on any atom is -0.471 e. The number of carbonyl (C=O) groups is 6. The maximum Gasteiger partial charge on any atom is 0.573 e. The molecule has 24 heteroatoms. The van der Waals surface area contributed by atoms with Crippen LogP contribution in [0.1, 0.15) is 119 Å². The number of unbranched alkanes of at least 4 members (excludes halogenated alkanes) is 5. The van der Waals surface area contributed by atoms with Gasteiger partial charge in [-0.3, -0.25) is 28.8 Å². The summed E-state index contributed by atoms with van der Waals surface area (Å²) in [6.07, 6.45) is 1.12. The zero-order chi connectivity index (χ0) is 59.3. The number of benzene rings is 2. The second-order valence-electron chi connectivity index (χ2n) is 22.0. The number of rotatable bonds is 26. The van der Waals surface area contributed by atoms with E-state index in [9.17, 15) is 47.0 Å². The van der Waals surface area contributed by atoms with Gasteiger partial charge in [-0.05, 0) is 72.9 Å². The molecule has 0 bridgehead atoms. The number of carbonyl (C=O) groups excluding carboxylic acids is 6. The van der Waals surface area contributed by atoms with Gasteiger partial charge in [0.05, 0.1) is 47.2 Å². The van der Waals surface area contributed by atoms with Crippen molar-refractivity contribution in [2.24, 2.45) is 16.9 Å². The Morgan fingerprint density at radius 2 is 1.57 bits per heavy atom. The van der Waals surface area contributed by atoms with Gasteiger partial charge < -0.3 is 50.6 Å². The number of β-amino-alcohol motifs (C(OH)–C–C–N with tert-alkyl or cyclic N) is 1. The molecule has 0 unspecified atom stereocenters. The van der Waals surface area contributed by atoms with Crippen LogP contribution in [0.3, 0.4) is 0 Å². The van der Waals surface area contributed by atoms with E-state index in [2.05, 4.69) is 25.0 Å². The number of imidazole rings is 1. The zero-order valence-corrected chi connectivity index (χ0v) is 47.4. The molecule has 7 rings (SSSR count). The van der Waals surface area contributed by atoms with Gasteiger partial charge in [-0.15, -0.1) is 24.5 Å². The van der Waals surface area contributed by atoms with Gasteiger partial charge in [0.25, 0.3) is 5.91 Å². The zero-order valence-electron chi connectivity index (χ0n) is 46.5. The molecule has 0 spiro atoms. The molecule has 5 aromatic rings. The fourth-order valence-corrected chi connectivity index (χ4v) is 11.1. The number of aliphatic hydroxyl groups excluding tert-OH is 1. The normalized spacial score (nSPS) is 17.8. The van der Waals surface area contributed by atoms with Crippen molar-refractivity contribution in [3.05, 3.63) is 101 Å². The van der Waals surface area contributed by atoms with Crippen molar-refractivity contribution in [1.29, 1.82) is 0 Å². The summed E-state index contributed by atoms with van der Waals surface area (Å²) in [5.41, 5.74) is 16.0. The predicted octanol–water partition coefficient (Wildman–Crippen LogP) is 7.45. The van der Waals surface area contributed by atoms with Gasteiger partial charge in [-0.2, -0.15) is 0 Å². The molecule has 19 nitrogen and oxygen atoms in total. The summed E-state index contributed by atoms with van der Waals surface area (Å²) in [4.78, 5) is 98.8. The number of aromatic nitrogens is 4. The van der Waals surface area contributed by atoms with Gasteiger partial charge in [-0.25, -0.2) is 19.3 Å². The fraction of sp³-hybridized carbons (Fsp3) is 0.500. The van der Waals surface area contributed by atoms with Gasteiger partial charge in [0.1, 0.15) is 29.5 Å². The van der Waals surface area contributed by atoms with Crippen LogP contribution < -0.4 is 26.3 Å². The Balaban J connectivity index is 0.967. The average Bonchev–Trinajstić information content (AvgIpc) is 4.27. The first-order valence-electron chi connectivity index (χ1n) is 27.5. The van der Waals surface area contributed by atoms with E-state index >= 15 is 4.39 Å². The first kappa shape index (κ1) is 62.1. The van der Waals surface area contributed by atoms with E-state index in [0.29, 0.717) is 55.5 Å². The van der Waals surface area contributed by atoms with E-state index in [1.165, 1.54) is 34.2 Å². The average molecular weight is 1160 g/mol. The van der Waals surface area contributed by atoms with Crippen molar-refractivity contribution in [3.63, 3.8) is 0 Å². The molecule has 2 aromatic carbocycles. The maximum atomic E-state index is 15.6. The van der Waals surface area contributed by atoms with Gasteiger partial charge >= 0.3 is 6.36 Å². The Labute approximate surface area is 477 Å². The number of aryl methyl sites for hydroxylation is 2. The van der Waals surface area contributed by atoms with Crippen molar-refractivity contribution in [2.75, 3.05) is 26.2 Å². The summed E-state index contributed by atoms with van der Waals surface area (Å²) in [5.74, 6) is -3.37. The Kier molecular flexibility index (Phi) is 21.2. The quantitative estimate of drug-likeness (QED) is 0.0311. The molecular formula is C58H72F4N10O9S. The van der Waals surface area contributed by atoms with Crippen molar-refractivity contribution in [1.82, 2.24) is 39.5 Å². The van der Waals surface area contributed by atoms with E-state index in [-0.39, 0.29) is 81.7 Å². The standard InChI is InChI=1S/C58H72F4N10O9S/c1-36-51(82-35-68-36)39-18-14-38(15-19-39)29-65-54(78)46-28-41(73)31-72(46)56(79)52(57(2,3)4)71(49(75)13-9-7-5-6-8-12-48(63)74)24-11-10-23-69-33-45(67-34-69)40-27-43(53(64)77)55(66-30-40)80-47-22-25-70(32-44(47)59)50(76)26-37-16-20-42(21-17-37)81-58(60,61)62/h14-21,27,30,33-35,41,44,46-47,52,73H,5-13,22-26,28-29,31-32H2,1-4H3,(H2,63,74)(H2,64,77)(H,65,78)/t41-,44-,46+,47-,52-/m1/s1. The highest BCUT2D eigenvalue weighted by Crippen LogP contribution is 2.33. The number of primary amides is 2. The predicted molar refractivity (Wildman–Crippen MR) is 297 cm³/mol. The van der Waals surface area contributed by atoms with Crippen molar-refractivity contribution < 1.29 is 60.9 Å². The number of halogens is 4. The number of pyridine rings is 1. The lowest BCUT2D eigenvalue weighted by atomic mass is 9.84. The molecule has 2 aliphatic rings. The van der Waals surface area contributed by atoms with Crippen LogP contribution in [0, 0.1) is 12.3 Å². The minimum absolute atomic E-state index is 0.0393. The number of ether oxygens (including phenoxy) is 2. The summed E-state index contributed by atoms with van der Waals surface area (Å²) >= 11 is 1.55. The number of hydrogen-bond donors (Lipinski definition) is 4. The number of nitrogens with two attached hydrogens (primary N) is 2. The Morgan fingerprint density at radius 1 is 0.878 bits per heavy atom. The molecule has 82 heavy (non-hydrogen) atoms. The molecule has 442 valence electrons. The second-order valence-corrected chi connectivity index (χ2v) is 22.8. The second kappa shape index (κ2) is 28.0. The Morgan fingerprint density at radius 3 is 2.22 bits per heavy atom. The highest BCUT2D eigenvalue weighted by molar-refractivity contribution is 7.13. The largest absolute Gasteiger partial charge is 0.573 e. The molecule has 6 N–H and O–H groups in total. The van der Waals surface area contributed by atoms with Gasteiger partial charge in [0.15, 0.2) is 6.17 Å². The van der Waals surface area contributed by atoms with E-state index in [0.717, 1.165) is 53.1 Å². The molecular weight excluding hydrogens is 1090 g/mol. The van der Waals surface area contributed by atoms with Gasteiger partial charge in [0, 0.05) is 76.4 Å². The fourth-order valence-electron chi connectivity index (χ4n) is 10.3. The van der Waals surface area contributed by atoms with Crippen LogP contribution in [0.25, 0.3) is 21.7 Å². The number of nitrogens with zero attached hydrogens (tertiary/aromatic N) is 7. The smallest absolute Gasteiger partial charge is 0.471 e. The minimum atomic E-state index is -4.86. The SMILES string of the molecule is Cc1ncsc1-c1ccc(CNC(=O)[C@@H]2C[C@@H](O)CN2C(=O)[C@@H](N(CCCCn2cnc(-c3cnc(O[C@@H]4CCN(C(=O)Cc5ccc(OC(F)(F)F)cc5)C[C@H]4F)c(C(N)=O)c3)c2)C(=O)CCCCCCCC(N)=O)C(C)(C)C)cc1. The van der Waals surface area contributed by atoms with Crippen LogP contribution in [0.2, 0.25) is 0 Å². The molecule has 0 saturated carbocycles. The number of nitrogens with one attached hydrogen (secondary N) is 1. The first-order valence-corrected chi connectivity index (χ1v) is 28.4. The summed E-state index contributed by atoms with van der Waals surface area (Å²) in [5, 5.41) is 13.9. The van der Waals surface area contributed by atoms with Crippen LogP contribution in [0.5, 0.6) is 11.6 Å². The van der Waals surface area contributed by atoms with Crippen LogP contribution in [0.15, 0.2) is 78.8 Å². The van der Waals surface area contributed by atoms with E-state index < -0.39 is 71.6 Å². The molecule has 2 saturated heterocycles. The Bertz CT molecular complexity index is 3000. The van der Waals surface area contributed by atoms with Crippen LogP contribution >= 0.6 is 11.3 Å². The summed E-state index contributed by atoms with van der Waals surface area (Å²) in [7, 11) is 0. The molecule has 5 heterocycles. The summed E-state index contributed by atoms with van der Waals surface area (Å²) in [6, 6.07) is 12.1. The molecule has 6 amide bonds. The van der Waals surface area contributed by atoms with E-state index in [1.54, 1.807) is 34.3 Å². The lowest BCUT2D eigenvalue weighted by Crippen LogP contribution is -2.59. The summed E-state index contributed by atoms with van der Waals surface area (Å²) in [6.45, 7) is 8.13. The van der Waals surface area contributed by atoms with Crippen molar-refractivity contribution in [3.8, 4) is 33.3 Å². The van der Waals surface area contributed by atoms with E-state index in [1.807, 2.05) is 56.5 Å². The molecule has 0 radical (unpaired) electrons. The lowest BCUT2D eigenvalue weighted by molar-refractivity contribution is -0.274. The number of thiazole rings is 1. The Hall–Kier alpha value is -7.47. The maximum absolute atomic E-state index is 15.6. The number of alkyl halides is 4. The lowest BCUT2D eigenvalue weighted by Gasteiger charge is -2.42. The van der Waals surface area contributed by atoms with Gasteiger partial charge in [-0.1, -0.05) is 76.4 Å². The molecule has 3 aromatic heterocycles. The molecule has 5 atom stereocenters. The third-order valence-corrected chi connectivity index (χ3v) is 15.5. The highest BCUT2D eigenvalue weighted by atomic mass is 32.1. The molecule has 2 aliphatic heterocycles. The highest BCUT2D eigenvalue weighted by Gasteiger charge is 2.47. The topological polar surface area (TPSA) is 258 Å². The number of hydrogen-bond acceptors (Lipinski definition) is 13. The van der Waals surface area contributed by atoms with Crippen molar-refractivity contribution >= 4 is 46.8 Å². The third kappa shape index (κ3) is 17.3. The summed E-state index contributed by atoms with van der Waals surface area (Å²) < 4.78 is 64.9. The number of amides is 6. The molecule has 0 aliphatic carbocycles. The van der Waals surface area contributed by atoms with Crippen LogP contribution in [-0.4, -0.2) is 138 Å². The third-order valence-electron chi connectivity index (χ3n) is 14.5. The number of piperidine rings is 1. The van der Waals surface area contributed by atoms with Crippen LogP contribution in [0.4, 0.5) is 17.6 Å². The van der Waals surface area contributed by atoms with E-state index in [4.69, 9.17) is 16.2 Å². The number of aliphatic hydroxyl groups is 1. The first-order chi connectivity index (χ1) is 38.9. The van der Waals surface area contributed by atoms with Gasteiger partial charge in [0.2, 0.25) is 35.4 Å². The van der Waals surface area contributed by atoms with Crippen molar-refractivity contribution in [2.45, 2.75) is 155 Å². The monoisotopic (exact) mass is 1160 g/mol.